The number of hydrogen-bond donors (Lipinski definition) is 0. The van der Waals surface area contributed by atoms with E-state index in [0.29, 0.717) is 22.4 Å². The van der Waals surface area contributed by atoms with E-state index in [1.807, 2.05) is 13.8 Å². The first-order valence-electron chi connectivity index (χ1n) is 9.02. The van der Waals surface area contributed by atoms with E-state index in [1.165, 1.54) is 19.2 Å². The SMILES string of the molecule is CCOC(=O)c1c(C(C)C)c(S(=O)(=O)c2ccc(OC)cc2)n2ccccc12. The predicted molar refractivity (Wildman–Crippen MR) is 106 cm³/mol. The summed E-state index contributed by atoms with van der Waals surface area (Å²) in [4.78, 5) is 12.8. The molecule has 7 heteroatoms. The molecule has 0 fully saturated rings. The number of carbonyl (C=O) groups is 1. The molecular formula is C21H23NO5S. The van der Waals surface area contributed by atoms with Gasteiger partial charge < -0.3 is 13.9 Å². The number of pyridine rings is 1. The van der Waals surface area contributed by atoms with E-state index in [2.05, 4.69) is 0 Å². The number of rotatable bonds is 6. The quantitative estimate of drug-likeness (QED) is 0.582. The fourth-order valence-electron chi connectivity index (χ4n) is 3.29. The summed E-state index contributed by atoms with van der Waals surface area (Å²) in [7, 11) is -2.37. The van der Waals surface area contributed by atoms with Gasteiger partial charge in [0.1, 0.15) is 10.8 Å². The lowest BCUT2D eigenvalue weighted by atomic mass is 10.0. The minimum atomic E-state index is -3.89. The Morgan fingerprint density at radius 3 is 2.36 bits per heavy atom. The van der Waals surface area contributed by atoms with Gasteiger partial charge >= 0.3 is 5.97 Å². The summed E-state index contributed by atoms with van der Waals surface area (Å²) in [5.41, 5.74) is 1.27. The van der Waals surface area contributed by atoms with Gasteiger partial charge in [-0.3, -0.25) is 0 Å². The van der Waals surface area contributed by atoms with Gasteiger partial charge in [0.25, 0.3) is 0 Å². The standard InChI is InChI=1S/C21H23NO5S/c1-5-27-21(23)19-17-8-6-7-13-22(17)20(18(19)14(2)3)28(24,25)16-11-9-15(26-4)10-12-16/h6-14H,5H2,1-4H3. The van der Waals surface area contributed by atoms with Crippen LogP contribution >= 0.6 is 0 Å². The Labute approximate surface area is 164 Å². The lowest BCUT2D eigenvalue weighted by Crippen LogP contribution is -2.11. The number of esters is 1. The highest BCUT2D eigenvalue weighted by Crippen LogP contribution is 2.36. The molecule has 0 radical (unpaired) electrons. The number of carbonyl (C=O) groups excluding carboxylic acids is 1. The minimum Gasteiger partial charge on any atom is -0.497 e. The van der Waals surface area contributed by atoms with Gasteiger partial charge in [0.05, 0.1) is 29.7 Å². The molecule has 0 atom stereocenters. The molecule has 6 nitrogen and oxygen atoms in total. The van der Waals surface area contributed by atoms with Gasteiger partial charge in [-0.2, -0.15) is 0 Å². The van der Waals surface area contributed by atoms with E-state index >= 15 is 0 Å². The molecule has 0 spiro atoms. The van der Waals surface area contributed by atoms with Crippen LogP contribution in [0.25, 0.3) is 5.52 Å². The Bertz CT molecular complexity index is 1110. The molecule has 0 N–H and O–H groups in total. The van der Waals surface area contributed by atoms with Crippen LogP contribution in [0.5, 0.6) is 5.75 Å². The maximum atomic E-state index is 13.6. The van der Waals surface area contributed by atoms with E-state index in [4.69, 9.17) is 9.47 Å². The zero-order valence-corrected chi connectivity index (χ0v) is 17.1. The van der Waals surface area contributed by atoms with Crippen LogP contribution in [-0.2, 0) is 14.6 Å². The van der Waals surface area contributed by atoms with Crippen LogP contribution in [0.2, 0.25) is 0 Å². The van der Waals surface area contributed by atoms with Gasteiger partial charge in [0.15, 0.2) is 0 Å². The van der Waals surface area contributed by atoms with Crippen molar-refractivity contribution in [2.24, 2.45) is 0 Å². The average molecular weight is 401 g/mol. The molecule has 0 bridgehead atoms. The number of ether oxygens (including phenoxy) is 2. The molecule has 0 unspecified atom stereocenters. The van der Waals surface area contributed by atoms with Crippen LogP contribution in [-0.4, -0.2) is 32.5 Å². The third-order valence-electron chi connectivity index (χ3n) is 4.52. The second kappa shape index (κ2) is 7.67. The monoisotopic (exact) mass is 401 g/mol. The molecular weight excluding hydrogens is 378 g/mol. The molecule has 2 heterocycles. The number of aromatic nitrogens is 1. The third kappa shape index (κ3) is 3.26. The molecule has 0 aliphatic rings. The van der Waals surface area contributed by atoms with Gasteiger partial charge in [0, 0.05) is 11.8 Å². The van der Waals surface area contributed by atoms with Gasteiger partial charge in [-0.25, -0.2) is 13.2 Å². The minimum absolute atomic E-state index is 0.0892. The Balaban J connectivity index is 2.36. The van der Waals surface area contributed by atoms with Crippen molar-refractivity contribution in [1.82, 2.24) is 4.40 Å². The van der Waals surface area contributed by atoms with Crippen molar-refractivity contribution in [3.63, 3.8) is 0 Å². The summed E-state index contributed by atoms with van der Waals surface area (Å²) >= 11 is 0. The fraction of sp³-hybridized carbons (Fsp3) is 0.286. The summed E-state index contributed by atoms with van der Waals surface area (Å²) < 4.78 is 39.0. The van der Waals surface area contributed by atoms with Crippen LogP contribution < -0.4 is 4.74 Å². The smallest absolute Gasteiger partial charge is 0.340 e. The lowest BCUT2D eigenvalue weighted by Gasteiger charge is -2.12. The van der Waals surface area contributed by atoms with Crippen LogP contribution in [0.4, 0.5) is 0 Å². The molecule has 0 aliphatic heterocycles. The summed E-state index contributed by atoms with van der Waals surface area (Å²) in [6.07, 6.45) is 1.65. The second-order valence-corrected chi connectivity index (χ2v) is 8.47. The Hall–Kier alpha value is -2.80. The first-order chi connectivity index (χ1) is 13.3. The van der Waals surface area contributed by atoms with Crippen LogP contribution in [0.1, 0.15) is 42.6 Å². The number of hydrogen-bond acceptors (Lipinski definition) is 5. The zero-order chi connectivity index (χ0) is 20.5. The zero-order valence-electron chi connectivity index (χ0n) is 16.3. The second-order valence-electron chi connectivity index (χ2n) is 6.60. The Morgan fingerprint density at radius 2 is 1.79 bits per heavy atom. The van der Waals surface area contributed by atoms with Crippen molar-refractivity contribution in [3.8, 4) is 5.75 Å². The van der Waals surface area contributed by atoms with Crippen molar-refractivity contribution >= 4 is 21.3 Å². The van der Waals surface area contributed by atoms with Gasteiger partial charge in [-0.15, -0.1) is 0 Å². The Morgan fingerprint density at radius 1 is 1.11 bits per heavy atom. The number of fused-ring (bicyclic) bond motifs is 1. The molecule has 2 aromatic heterocycles. The van der Waals surface area contributed by atoms with Crippen molar-refractivity contribution in [3.05, 3.63) is 59.8 Å². The molecule has 3 aromatic rings. The molecule has 0 saturated carbocycles. The fourth-order valence-corrected chi connectivity index (χ4v) is 5.06. The summed E-state index contributed by atoms with van der Waals surface area (Å²) in [5.74, 6) is -0.163. The van der Waals surface area contributed by atoms with Crippen molar-refractivity contribution < 1.29 is 22.7 Å². The molecule has 0 aliphatic carbocycles. The highest BCUT2D eigenvalue weighted by molar-refractivity contribution is 7.91. The van der Waals surface area contributed by atoms with Crippen molar-refractivity contribution in [1.29, 1.82) is 0 Å². The molecule has 1 aromatic carbocycles. The largest absolute Gasteiger partial charge is 0.497 e. The van der Waals surface area contributed by atoms with Gasteiger partial charge in [-0.05, 0) is 49.2 Å². The maximum absolute atomic E-state index is 13.6. The highest BCUT2D eigenvalue weighted by atomic mass is 32.2. The normalized spacial score (nSPS) is 11.8. The van der Waals surface area contributed by atoms with Crippen LogP contribution in [0.15, 0.2) is 58.6 Å². The molecule has 3 rings (SSSR count). The number of nitrogens with zero attached hydrogens (tertiary/aromatic N) is 1. The van der Waals surface area contributed by atoms with Gasteiger partial charge in [-0.1, -0.05) is 19.9 Å². The first kappa shape index (κ1) is 19.9. The lowest BCUT2D eigenvalue weighted by molar-refractivity contribution is 0.0527. The number of sulfone groups is 1. The summed E-state index contributed by atoms with van der Waals surface area (Å²) in [5, 5.41) is 0.0892. The highest BCUT2D eigenvalue weighted by Gasteiger charge is 2.33. The molecule has 0 saturated heterocycles. The molecule has 0 amide bonds. The summed E-state index contributed by atoms with van der Waals surface area (Å²) in [6.45, 7) is 5.66. The average Bonchev–Trinajstić information content (AvgIpc) is 3.04. The predicted octanol–water partition coefficient (Wildman–Crippen LogP) is 4.08. The van der Waals surface area contributed by atoms with E-state index in [0.717, 1.165) is 0 Å². The maximum Gasteiger partial charge on any atom is 0.340 e. The van der Waals surface area contributed by atoms with E-state index in [-0.39, 0.29) is 22.4 Å². The topological polar surface area (TPSA) is 74.1 Å². The van der Waals surface area contributed by atoms with Gasteiger partial charge in [0.2, 0.25) is 9.84 Å². The van der Waals surface area contributed by atoms with E-state index < -0.39 is 15.8 Å². The van der Waals surface area contributed by atoms with Crippen LogP contribution in [0, 0.1) is 0 Å². The van der Waals surface area contributed by atoms with E-state index in [1.54, 1.807) is 47.9 Å². The number of methoxy groups -OCH3 is 1. The number of benzene rings is 1. The van der Waals surface area contributed by atoms with Crippen molar-refractivity contribution in [2.75, 3.05) is 13.7 Å². The summed E-state index contributed by atoms with van der Waals surface area (Å²) in [6, 6.07) is 11.4. The first-order valence-corrected chi connectivity index (χ1v) is 10.5. The Kier molecular flexibility index (Phi) is 5.47. The third-order valence-corrected chi connectivity index (χ3v) is 6.33. The van der Waals surface area contributed by atoms with Crippen LogP contribution in [0.3, 0.4) is 0 Å². The van der Waals surface area contributed by atoms with E-state index in [9.17, 15) is 13.2 Å². The molecule has 148 valence electrons. The molecule has 28 heavy (non-hydrogen) atoms. The van der Waals surface area contributed by atoms with Crippen molar-refractivity contribution in [2.45, 2.75) is 36.6 Å².